The number of anilines is 1. The molecule has 2 fully saturated rings. The van der Waals surface area contributed by atoms with E-state index < -0.39 is 5.41 Å². The number of thiophene rings is 1. The number of hydrogen-bond donors (Lipinski definition) is 1. The molecule has 154 valence electrons. The number of fused-ring (bicyclic) bond motifs is 3. The van der Waals surface area contributed by atoms with Crippen LogP contribution in [0, 0.1) is 28.1 Å². The zero-order valence-corrected chi connectivity index (χ0v) is 18.1. The Labute approximate surface area is 175 Å². The van der Waals surface area contributed by atoms with Crippen LogP contribution in [0.5, 0.6) is 0 Å². The molecule has 2 heterocycles. The number of piperidine rings is 1. The van der Waals surface area contributed by atoms with Crippen LogP contribution < -0.4 is 5.32 Å². The molecule has 1 saturated carbocycles. The van der Waals surface area contributed by atoms with E-state index in [0.29, 0.717) is 17.0 Å². The van der Waals surface area contributed by atoms with Crippen LogP contribution in [0.15, 0.2) is 0 Å². The molecule has 4 rings (SSSR count). The predicted molar refractivity (Wildman–Crippen MR) is 110 cm³/mol. The van der Waals surface area contributed by atoms with E-state index in [4.69, 9.17) is 0 Å². The van der Waals surface area contributed by atoms with Crippen LogP contribution in [0.1, 0.15) is 68.9 Å². The van der Waals surface area contributed by atoms with E-state index in [1.807, 2.05) is 20.8 Å². The van der Waals surface area contributed by atoms with Gasteiger partial charge in [-0.3, -0.25) is 19.3 Å². The summed E-state index contributed by atoms with van der Waals surface area (Å²) in [5.74, 6) is -0.726. The Hall–Kier alpha value is -2.20. The fraction of sp³-hybridized carbons (Fsp3) is 0.636. The van der Waals surface area contributed by atoms with Crippen LogP contribution in [-0.2, 0) is 27.2 Å². The van der Waals surface area contributed by atoms with Crippen LogP contribution >= 0.6 is 11.3 Å². The molecule has 1 saturated heterocycles. The van der Waals surface area contributed by atoms with E-state index in [-0.39, 0.29) is 42.0 Å². The molecule has 1 aromatic rings. The number of likely N-dealkylation sites (tertiary alicyclic amines) is 1. The molecule has 1 aliphatic heterocycles. The topological polar surface area (TPSA) is 90.3 Å². The van der Waals surface area contributed by atoms with Gasteiger partial charge in [0.05, 0.1) is 11.0 Å². The second-order valence-electron chi connectivity index (χ2n) is 9.27. The summed E-state index contributed by atoms with van der Waals surface area (Å²) in [6.07, 6.45) is 5.51. The summed E-state index contributed by atoms with van der Waals surface area (Å²) in [5.41, 5.74) is 0.753. The Bertz CT molecular complexity index is 942. The van der Waals surface area contributed by atoms with Crippen molar-refractivity contribution in [3.05, 3.63) is 16.0 Å². The van der Waals surface area contributed by atoms with Crippen LogP contribution in [-0.4, -0.2) is 29.2 Å². The molecule has 1 N–H and O–H groups in total. The molecule has 0 aromatic carbocycles. The standard InChI is InChI=1S/C22H27N3O3S/c1-21(2)15-8-10-22(21,3)20(28)25(19(15)27)11-9-17(26)24-18-14(12-23)13-6-4-5-7-16(13)29-18/h15H,4-11H2,1-3H3,(H,24,26). The number of hydrogen-bond acceptors (Lipinski definition) is 5. The average molecular weight is 414 g/mol. The van der Waals surface area contributed by atoms with Crippen molar-refractivity contribution in [1.29, 1.82) is 5.26 Å². The maximum atomic E-state index is 13.1. The van der Waals surface area contributed by atoms with Gasteiger partial charge in [0.1, 0.15) is 11.1 Å². The predicted octanol–water partition coefficient (Wildman–Crippen LogP) is 3.64. The Kier molecular flexibility index (Phi) is 4.81. The van der Waals surface area contributed by atoms with E-state index in [1.54, 1.807) is 0 Å². The third-order valence-corrected chi connectivity index (χ3v) is 8.81. The average Bonchev–Trinajstić information content (AvgIpc) is 3.11. The molecular formula is C22H27N3O3S. The third-order valence-electron chi connectivity index (χ3n) is 7.61. The number of imide groups is 1. The lowest BCUT2D eigenvalue weighted by Crippen LogP contribution is -2.59. The van der Waals surface area contributed by atoms with Crippen LogP contribution in [0.2, 0.25) is 0 Å². The number of nitriles is 1. The fourth-order valence-electron chi connectivity index (χ4n) is 5.29. The first kappa shape index (κ1) is 20.1. The molecule has 6 nitrogen and oxygen atoms in total. The molecule has 0 spiro atoms. The van der Waals surface area contributed by atoms with Gasteiger partial charge in [-0.15, -0.1) is 11.3 Å². The van der Waals surface area contributed by atoms with Crippen molar-refractivity contribution in [3.8, 4) is 6.07 Å². The van der Waals surface area contributed by atoms with Crippen molar-refractivity contribution in [2.75, 3.05) is 11.9 Å². The number of amides is 3. The molecule has 1 aromatic heterocycles. The summed E-state index contributed by atoms with van der Waals surface area (Å²) in [7, 11) is 0. The van der Waals surface area contributed by atoms with Gasteiger partial charge >= 0.3 is 0 Å². The van der Waals surface area contributed by atoms with Gasteiger partial charge in [-0.1, -0.05) is 20.8 Å². The lowest BCUT2D eigenvalue weighted by Gasteiger charge is -2.47. The maximum Gasteiger partial charge on any atom is 0.235 e. The van der Waals surface area contributed by atoms with E-state index >= 15 is 0 Å². The van der Waals surface area contributed by atoms with Crippen LogP contribution in [0.4, 0.5) is 5.00 Å². The quantitative estimate of drug-likeness (QED) is 0.763. The number of aryl methyl sites for hydroxylation is 1. The number of nitrogens with zero attached hydrogens (tertiary/aromatic N) is 2. The number of carbonyl (C=O) groups excluding carboxylic acids is 3. The highest BCUT2D eigenvalue weighted by atomic mass is 32.1. The minimum absolute atomic E-state index is 0.0497. The minimum atomic E-state index is -0.553. The molecule has 2 aliphatic carbocycles. The summed E-state index contributed by atoms with van der Waals surface area (Å²) in [5, 5.41) is 13.0. The van der Waals surface area contributed by atoms with Crippen molar-refractivity contribution in [2.24, 2.45) is 16.7 Å². The first-order valence-electron chi connectivity index (χ1n) is 10.4. The zero-order valence-electron chi connectivity index (χ0n) is 17.3. The monoisotopic (exact) mass is 413 g/mol. The molecular weight excluding hydrogens is 386 g/mol. The highest BCUT2D eigenvalue weighted by molar-refractivity contribution is 7.16. The van der Waals surface area contributed by atoms with Gasteiger partial charge in [0.15, 0.2) is 0 Å². The van der Waals surface area contributed by atoms with Crippen LogP contribution in [0.25, 0.3) is 0 Å². The highest BCUT2D eigenvalue weighted by Crippen LogP contribution is 2.60. The summed E-state index contributed by atoms with van der Waals surface area (Å²) in [6.45, 7) is 6.06. The lowest BCUT2D eigenvalue weighted by atomic mass is 9.62. The van der Waals surface area contributed by atoms with E-state index in [9.17, 15) is 19.6 Å². The van der Waals surface area contributed by atoms with Gasteiger partial charge in [0, 0.05) is 23.8 Å². The molecule has 2 atom stereocenters. The zero-order chi connectivity index (χ0) is 21.0. The van der Waals surface area contributed by atoms with Gasteiger partial charge in [0.2, 0.25) is 17.7 Å². The number of rotatable bonds is 4. The maximum absolute atomic E-state index is 13.1. The van der Waals surface area contributed by atoms with Gasteiger partial charge < -0.3 is 5.32 Å². The van der Waals surface area contributed by atoms with Gasteiger partial charge in [-0.2, -0.15) is 5.26 Å². The van der Waals surface area contributed by atoms with Crippen molar-refractivity contribution < 1.29 is 14.4 Å². The van der Waals surface area contributed by atoms with Crippen molar-refractivity contribution in [1.82, 2.24) is 4.90 Å². The summed E-state index contributed by atoms with van der Waals surface area (Å²) >= 11 is 1.49. The highest BCUT2D eigenvalue weighted by Gasteiger charge is 2.64. The summed E-state index contributed by atoms with van der Waals surface area (Å²) < 4.78 is 0. The number of carbonyl (C=O) groups is 3. The van der Waals surface area contributed by atoms with E-state index in [1.165, 1.54) is 21.1 Å². The normalized spacial score (nSPS) is 27.5. The summed E-state index contributed by atoms with van der Waals surface area (Å²) in [4.78, 5) is 41.0. The molecule has 29 heavy (non-hydrogen) atoms. The second kappa shape index (κ2) is 6.94. The molecule has 2 unspecified atom stereocenters. The molecule has 2 bridgehead atoms. The van der Waals surface area contributed by atoms with Crippen LogP contribution in [0.3, 0.4) is 0 Å². The first-order valence-corrected chi connectivity index (χ1v) is 11.2. The van der Waals surface area contributed by atoms with Gasteiger partial charge in [0.25, 0.3) is 0 Å². The smallest absolute Gasteiger partial charge is 0.235 e. The second-order valence-corrected chi connectivity index (χ2v) is 10.4. The molecule has 7 heteroatoms. The van der Waals surface area contributed by atoms with Gasteiger partial charge in [-0.25, -0.2) is 0 Å². The summed E-state index contributed by atoms with van der Waals surface area (Å²) in [6, 6.07) is 2.24. The molecule has 3 aliphatic rings. The largest absolute Gasteiger partial charge is 0.317 e. The van der Waals surface area contributed by atoms with Crippen molar-refractivity contribution in [3.63, 3.8) is 0 Å². The van der Waals surface area contributed by atoms with E-state index in [2.05, 4.69) is 11.4 Å². The first-order chi connectivity index (χ1) is 13.7. The Morgan fingerprint density at radius 3 is 2.72 bits per heavy atom. The lowest BCUT2D eigenvalue weighted by molar-refractivity contribution is -0.167. The van der Waals surface area contributed by atoms with Crippen molar-refractivity contribution in [2.45, 2.75) is 65.7 Å². The van der Waals surface area contributed by atoms with Gasteiger partial charge in [-0.05, 0) is 49.5 Å². The minimum Gasteiger partial charge on any atom is -0.317 e. The Balaban J connectivity index is 1.45. The Morgan fingerprint density at radius 2 is 2.00 bits per heavy atom. The molecule has 0 radical (unpaired) electrons. The third kappa shape index (κ3) is 2.92. The number of nitrogens with one attached hydrogen (secondary N) is 1. The Morgan fingerprint density at radius 1 is 1.28 bits per heavy atom. The SMILES string of the molecule is CC12CCC(C(=O)N(CCC(=O)Nc3sc4c(c3C#N)CCCC4)C1=O)C2(C)C. The van der Waals surface area contributed by atoms with E-state index in [0.717, 1.165) is 37.7 Å². The van der Waals surface area contributed by atoms with Crippen molar-refractivity contribution >= 4 is 34.1 Å². The molecule has 3 amide bonds. The fourth-order valence-corrected chi connectivity index (χ4v) is 6.54.